The number of nitrogens with zero attached hydrogens (tertiary/aromatic N) is 1. The van der Waals surface area contributed by atoms with Gasteiger partial charge < -0.3 is 19.5 Å². The number of sulfonamides is 1. The van der Waals surface area contributed by atoms with Gasteiger partial charge in [0.15, 0.2) is 18.1 Å². The van der Waals surface area contributed by atoms with E-state index in [1.165, 1.54) is 30.3 Å². The number of hydrogen-bond acceptors (Lipinski definition) is 9. The van der Waals surface area contributed by atoms with Crippen molar-refractivity contribution >= 4 is 33.3 Å². The Hall–Kier alpha value is -3.71. The standard InChI is InChI=1S/C21H23N3O9S/c1-14-3-5-16(17(11-14)24(27)28)23-20(25)13-33-21(26)7-8-22-34(29,30)15-4-6-18-19(12-15)32-10-2-9-31-18/h3-6,11-12,22H,2,7-10,13H2,1H3,(H,23,25). The summed E-state index contributed by atoms with van der Waals surface area (Å²) in [5.74, 6) is -0.822. The lowest BCUT2D eigenvalue weighted by Gasteiger charge is -2.11. The van der Waals surface area contributed by atoms with Crippen molar-refractivity contribution in [2.75, 3.05) is 31.7 Å². The van der Waals surface area contributed by atoms with E-state index >= 15 is 0 Å². The highest BCUT2D eigenvalue weighted by atomic mass is 32.2. The number of benzene rings is 2. The number of nitro groups is 1. The summed E-state index contributed by atoms with van der Waals surface area (Å²) in [5.41, 5.74) is 0.328. The second kappa shape index (κ2) is 10.9. The average Bonchev–Trinajstić information content (AvgIpc) is 3.03. The van der Waals surface area contributed by atoms with Crippen molar-refractivity contribution in [1.29, 1.82) is 0 Å². The van der Waals surface area contributed by atoms with Crippen LogP contribution < -0.4 is 19.5 Å². The summed E-state index contributed by atoms with van der Waals surface area (Å²) in [5, 5.41) is 13.4. The zero-order valence-corrected chi connectivity index (χ0v) is 19.1. The molecule has 0 saturated carbocycles. The number of carbonyl (C=O) groups excluding carboxylic acids is 2. The molecule has 2 aromatic rings. The first-order valence-corrected chi connectivity index (χ1v) is 11.7. The Morgan fingerprint density at radius 1 is 1.12 bits per heavy atom. The van der Waals surface area contributed by atoms with Gasteiger partial charge in [-0.1, -0.05) is 6.07 Å². The molecule has 0 spiro atoms. The number of esters is 1. The van der Waals surface area contributed by atoms with Crippen LogP contribution in [0.15, 0.2) is 41.3 Å². The number of nitrogens with one attached hydrogen (secondary N) is 2. The third-order valence-electron chi connectivity index (χ3n) is 4.64. The summed E-state index contributed by atoms with van der Waals surface area (Å²) >= 11 is 0. The molecule has 0 fully saturated rings. The van der Waals surface area contributed by atoms with Crippen LogP contribution in [0.1, 0.15) is 18.4 Å². The van der Waals surface area contributed by atoms with E-state index in [4.69, 9.17) is 14.2 Å². The number of fused-ring (bicyclic) bond motifs is 1. The fourth-order valence-corrected chi connectivity index (χ4v) is 4.03. The molecule has 0 radical (unpaired) electrons. The summed E-state index contributed by atoms with van der Waals surface area (Å²) in [4.78, 5) is 34.3. The molecule has 0 aromatic heterocycles. The summed E-state index contributed by atoms with van der Waals surface area (Å²) in [6, 6.07) is 8.47. The van der Waals surface area contributed by atoms with E-state index in [2.05, 4.69) is 10.0 Å². The van der Waals surface area contributed by atoms with Crippen LogP contribution in [0.2, 0.25) is 0 Å². The third-order valence-corrected chi connectivity index (χ3v) is 6.10. The minimum absolute atomic E-state index is 0.0282. The van der Waals surface area contributed by atoms with Crippen LogP contribution in [0.25, 0.3) is 0 Å². The maximum Gasteiger partial charge on any atom is 0.307 e. The van der Waals surface area contributed by atoms with Gasteiger partial charge in [0.2, 0.25) is 10.0 Å². The molecule has 0 saturated heterocycles. The Morgan fingerprint density at radius 2 is 1.85 bits per heavy atom. The average molecular weight is 493 g/mol. The lowest BCUT2D eigenvalue weighted by atomic mass is 10.2. The molecule has 34 heavy (non-hydrogen) atoms. The molecule has 0 atom stereocenters. The minimum Gasteiger partial charge on any atom is -0.490 e. The van der Waals surface area contributed by atoms with E-state index in [1.54, 1.807) is 13.0 Å². The molecule has 1 aliphatic heterocycles. The number of ether oxygens (including phenoxy) is 3. The Labute approximate surface area is 195 Å². The zero-order chi connectivity index (χ0) is 24.7. The van der Waals surface area contributed by atoms with Crippen molar-refractivity contribution in [3.63, 3.8) is 0 Å². The molecule has 1 heterocycles. The summed E-state index contributed by atoms with van der Waals surface area (Å²) in [6.07, 6.45) is 0.346. The Bertz CT molecular complexity index is 1200. The smallest absolute Gasteiger partial charge is 0.307 e. The SMILES string of the molecule is Cc1ccc(NC(=O)COC(=O)CCNS(=O)(=O)c2ccc3c(c2)OCCCO3)c([N+](=O)[O-])c1. The van der Waals surface area contributed by atoms with E-state index in [0.717, 1.165) is 0 Å². The highest BCUT2D eigenvalue weighted by Crippen LogP contribution is 2.31. The van der Waals surface area contributed by atoms with Crippen molar-refractivity contribution < 1.29 is 37.1 Å². The maximum absolute atomic E-state index is 12.5. The van der Waals surface area contributed by atoms with Crippen molar-refractivity contribution in [2.24, 2.45) is 0 Å². The minimum atomic E-state index is -3.93. The molecule has 182 valence electrons. The molecule has 0 bridgehead atoms. The lowest BCUT2D eigenvalue weighted by Crippen LogP contribution is -2.28. The zero-order valence-electron chi connectivity index (χ0n) is 18.2. The van der Waals surface area contributed by atoms with E-state index in [9.17, 15) is 28.1 Å². The number of amides is 1. The fraction of sp³-hybridized carbons (Fsp3) is 0.333. The molecule has 0 unspecified atom stereocenters. The molecule has 12 nitrogen and oxygen atoms in total. The second-order valence-corrected chi connectivity index (χ2v) is 9.06. The fourth-order valence-electron chi connectivity index (χ4n) is 2.98. The van der Waals surface area contributed by atoms with Gasteiger partial charge in [0.05, 0.1) is 29.5 Å². The predicted octanol–water partition coefficient (Wildman–Crippen LogP) is 1.91. The third kappa shape index (κ3) is 6.65. The molecular weight excluding hydrogens is 470 g/mol. The Balaban J connectivity index is 1.47. The highest BCUT2D eigenvalue weighted by molar-refractivity contribution is 7.89. The first-order chi connectivity index (χ1) is 16.2. The first kappa shape index (κ1) is 24.9. The first-order valence-electron chi connectivity index (χ1n) is 10.3. The van der Waals surface area contributed by atoms with Gasteiger partial charge in [0, 0.05) is 25.1 Å². The quantitative estimate of drug-likeness (QED) is 0.302. The van der Waals surface area contributed by atoms with Crippen LogP contribution in [0.4, 0.5) is 11.4 Å². The van der Waals surface area contributed by atoms with Crippen LogP contribution >= 0.6 is 0 Å². The van der Waals surface area contributed by atoms with Crippen molar-refractivity contribution in [3.8, 4) is 11.5 Å². The van der Waals surface area contributed by atoms with Crippen molar-refractivity contribution in [3.05, 3.63) is 52.1 Å². The van der Waals surface area contributed by atoms with E-state index < -0.39 is 33.4 Å². The topological polar surface area (TPSA) is 163 Å². The summed E-state index contributed by atoms with van der Waals surface area (Å²) in [6.45, 7) is 1.60. The molecular formula is C21H23N3O9S. The molecule has 1 aliphatic rings. The monoisotopic (exact) mass is 493 g/mol. The van der Waals surface area contributed by atoms with Crippen LogP contribution in [-0.4, -0.2) is 51.6 Å². The number of anilines is 1. The van der Waals surface area contributed by atoms with Gasteiger partial charge in [-0.3, -0.25) is 19.7 Å². The van der Waals surface area contributed by atoms with Gasteiger partial charge >= 0.3 is 5.97 Å². The summed E-state index contributed by atoms with van der Waals surface area (Å²) < 4.78 is 43.0. The van der Waals surface area contributed by atoms with Crippen LogP contribution in [-0.2, 0) is 24.3 Å². The molecule has 2 aromatic carbocycles. The van der Waals surface area contributed by atoms with E-state index in [0.29, 0.717) is 36.7 Å². The molecule has 0 aliphatic carbocycles. The van der Waals surface area contributed by atoms with Gasteiger partial charge in [0.1, 0.15) is 5.69 Å². The number of nitro benzene ring substituents is 1. The van der Waals surface area contributed by atoms with E-state index in [-0.39, 0.29) is 29.2 Å². The number of aryl methyl sites for hydroxylation is 1. The highest BCUT2D eigenvalue weighted by Gasteiger charge is 2.20. The maximum atomic E-state index is 12.5. The van der Waals surface area contributed by atoms with Gasteiger partial charge in [-0.05, 0) is 30.7 Å². The molecule has 2 N–H and O–H groups in total. The van der Waals surface area contributed by atoms with Crippen molar-refractivity contribution in [1.82, 2.24) is 4.72 Å². The number of carbonyl (C=O) groups is 2. The molecule has 1 amide bonds. The van der Waals surface area contributed by atoms with Crippen LogP contribution in [0.3, 0.4) is 0 Å². The second-order valence-electron chi connectivity index (χ2n) is 7.29. The largest absolute Gasteiger partial charge is 0.490 e. The van der Waals surface area contributed by atoms with Gasteiger partial charge in [-0.15, -0.1) is 0 Å². The molecule has 13 heteroatoms. The van der Waals surface area contributed by atoms with Crippen LogP contribution in [0.5, 0.6) is 11.5 Å². The Morgan fingerprint density at radius 3 is 2.59 bits per heavy atom. The van der Waals surface area contributed by atoms with Gasteiger partial charge in [-0.2, -0.15) is 0 Å². The Kier molecular flexibility index (Phi) is 8.02. The summed E-state index contributed by atoms with van der Waals surface area (Å²) in [7, 11) is -3.93. The van der Waals surface area contributed by atoms with E-state index in [1.807, 2.05) is 0 Å². The molecule has 3 rings (SSSR count). The predicted molar refractivity (Wildman–Crippen MR) is 119 cm³/mol. The number of rotatable bonds is 9. The lowest BCUT2D eigenvalue weighted by molar-refractivity contribution is -0.384. The van der Waals surface area contributed by atoms with Gasteiger partial charge in [0.25, 0.3) is 11.6 Å². The number of hydrogen-bond donors (Lipinski definition) is 2. The normalized spacial score (nSPS) is 13.0. The van der Waals surface area contributed by atoms with Crippen molar-refractivity contribution in [2.45, 2.75) is 24.7 Å². The van der Waals surface area contributed by atoms with Gasteiger partial charge in [-0.25, -0.2) is 13.1 Å². The van der Waals surface area contributed by atoms with Crippen LogP contribution in [0, 0.1) is 17.0 Å².